The number of carbonyl (C=O) groups is 1. The Bertz CT molecular complexity index is 2050. The van der Waals surface area contributed by atoms with E-state index in [9.17, 15) is 19.4 Å². The van der Waals surface area contributed by atoms with E-state index in [-0.39, 0.29) is 63.0 Å². The van der Waals surface area contributed by atoms with Crippen molar-refractivity contribution in [2.24, 2.45) is 22.9 Å². The van der Waals surface area contributed by atoms with E-state index < -0.39 is 30.1 Å². The second kappa shape index (κ2) is 21.1. The average molecular weight is 855 g/mol. The monoisotopic (exact) mass is 854 g/mol. The Morgan fingerprint density at radius 1 is 0.984 bits per heavy atom. The molecule has 12 heteroatoms. The van der Waals surface area contributed by atoms with Crippen molar-refractivity contribution in [2.75, 3.05) is 33.0 Å². The summed E-state index contributed by atoms with van der Waals surface area (Å²) in [5.74, 6) is -0.602. The minimum Gasteiger partial charge on any atom is -0.459 e. The molecule has 7 atom stereocenters. The first-order chi connectivity index (χ1) is 30.2. The standard InChI is InChI=1S/C50H63FN2O9/c1-5-26-59-50-45(53(49(56)57-6-2)32-35-17-19-37(51)20-18-35)31-43(52-62-46-15-9-12-27-58-46)41-29-36(13-7-10-24-54)40(14-8-11-25-55)47(48(41)50)42-30-39(22-23-44(42)61-50)60-38-21-16-33(3)34(4)28-38/h5,16-23,28-30,36,40,45-48,54-55H,1,6-15,24-27,31-32H2,2-4H3/t36-,40+,45-,46?,47+,48+,50+/m0/s1. The van der Waals surface area contributed by atoms with Crippen LogP contribution in [-0.4, -0.2) is 78.1 Å². The molecule has 1 saturated heterocycles. The number of fused-ring (bicyclic) bond motifs is 2. The van der Waals surface area contributed by atoms with Crippen LogP contribution in [0.3, 0.4) is 0 Å². The summed E-state index contributed by atoms with van der Waals surface area (Å²) in [4.78, 5) is 22.3. The number of ether oxygens (including phenoxy) is 5. The number of nitrogens with zero attached hydrogens (tertiary/aromatic N) is 2. The molecule has 62 heavy (non-hydrogen) atoms. The van der Waals surface area contributed by atoms with E-state index in [1.165, 1.54) is 17.7 Å². The van der Waals surface area contributed by atoms with Crippen molar-refractivity contribution in [2.45, 2.75) is 116 Å². The maximum absolute atomic E-state index is 14.4. The molecule has 3 aromatic rings. The van der Waals surface area contributed by atoms with E-state index >= 15 is 0 Å². The van der Waals surface area contributed by atoms with Gasteiger partial charge in [0.1, 0.15) is 29.1 Å². The van der Waals surface area contributed by atoms with Gasteiger partial charge in [0.15, 0.2) is 0 Å². The molecule has 1 saturated carbocycles. The smallest absolute Gasteiger partial charge is 0.410 e. The van der Waals surface area contributed by atoms with Crippen molar-refractivity contribution < 1.29 is 47.9 Å². The molecule has 2 heterocycles. The van der Waals surface area contributed by atoms with Crippen LogP contribution in [-0.2, 0) is 25.6 Å². The van der Waals surface area contributed by atoms with Crippen LogP contribution < -0.4 is 9.47 Å². The third-order valence-electron chi connectivity index (χ3n) is 12.9. The second-order valence-corrected chi connectivity index (χ2v) is 17.0. The van der Waals surface area contributed by atoms with Crippen molar-refractivity contribution in [1.29, 1.82) is 0 Å². The summed E-state index contributed by atoms with van der Waals surface area (Å²) < 4.78 is 47.1. The van der Waals surface area contributed by atoms with Crippen molar-refractivity contribution in [3.05, 3.63) is 113 Å². The lowest BCUT2D eigenvalue weighted by atomic mass is 9.55. The van der Waals surface area contributed by atoms with E-state index in [0.717, 1.165) is 61.0 Å². The third kappa shape index (κ3) is 10.0. The minimum atomic E-state index is -1.49. The van der Waals surface area contributed by atoms with Crippen LogP contribution in [0.2, 0.25) is 0 Å². The first-order valence-corrected chi connectivity index (χ1v) is 22.5. The Hall–Kier alpha value is -4.75. The fraction of sp³-hybridized carbons (Fsp3) is 0.520. The summed E-state index contributed by atoms with van der Waals surface area (Å²) >= 11 is 0. The number of halogens is 1. The van der Waals surface area contributed by atoms with Gasteiger partial charge in [-0.25, -0.2) is 9.18 Å². The van der Waals surface area contributed by atoms with E-state index in [2.05, 4.69) is 38.6 Å². The predicted octanol–water partition coefficient (Wildman–Crippen LogP) is 10.1. The molecule has 334 valence electrons. The van der Waals surface area contributed by atoms with Crippen molar-refractivity contribution in [3.8, 4) is 17.2 Å². The summed E-state index contributed by atoms with van der Waals surface area (Å²) in [6, 6.07) is 17.2. The Morgan fingerprint density at radius 2 is 1.74 bits per heavy atom. The highest BCUT2D eigenvalue weighted by molar-refractivity contribution is 6.03. The van der Waals surface area contributed by atoms with Gasteiger partial charge >= 0.3 is 6.09 Å². The number of unbranched alkanes of at least 4 members (excludes halogenated alkanes) is 2. The summed E-state index contributed by atoms with van der Waals surface area (Å²) in [5.41, 5.74) is 5.50. The highest BCUT2D eigenvalue weighted by Gasteiger charge is 2.65. The minimum absolute atomic E-state index is 0.0240. The summed E-state index contributed by atoms with van der Waals surface area (Å²) in [7, 11) is 0. The second-order valence-electron chi connectivity index (χ2n) is 17.0. The SMILES string of the molecule is C=CCO[C@@]12Oc3ccc(Oc4ccc(C)c(C)c4)cc3[C@H]3[C@H](CCCCO)[C@@H](CCCCO)C=C(C(=NOC4CCCCO4)C[C@@H]1N(Cc1ccc(F)cc1)C(=O)OCC)[C@H]32. The molecule has 2 aliphatic carbocycles. The van der Waals surface area contributed by atoms with Gasteiger partial charge in [-0.3, -0.25) is 4.90 Å². The maximum Gasteiger partial charge on any atom is 0.410 e. The largest absolute Gasteiger partial charge is 0.459 e. The lowest BCUT2D eigenvalue weighted by Crippen LogP contribution is -2.70. The number of rotatable bonds is 19. The van der Waals surface area contributed by atoms with Gasteiger partial charge in [0.05, 0.1) is 31.5 Å². The normalized spacial score (nSPS) is 25.8. The number of aliphatic hydroxyl groups is 2. The van der Waals surface area contributed by atoms with Crippen molar-refractivity contribution in [3.63, 3.8) is 0 Å². The van der Waals surface area contributed by atoms with Gasteiger partial charge in [-0.1, -0.05) is 48.3 Å². The van der Waals surface area contributed by atoms with Gasteiger partial charge in [-0.2, -0.15) is 0 Å². The topological polar surface area (TPSA) is 129 Å². The zero-order chi connectivity index (χ0) is 43.6. The lowest BCUT2D eigenvalue weighted by molar-refractivity contribution is -0.256. The van der Waals surface area contributed by atoms with Crippen LogP contribution in [0.4, 0.5) is 9.18 Å². The highest BCUT2D eigenvalue weighted by atomic mass is 19.1. The van der Waals surface area contributed by atoms with Crippen LogP contribution in [0.5, 0.6) is 17.2 Å². The molecule has 11 nitrogen and oxygen atoms in total. The van der Waals surface area contributed by atoms with Gasteiger partial charge in [-0.05, 0) is 136 Å². The molecule has 4 aliphatic rings. The number of amides is 1. The molecule has 2 aliphatic heterocycles. The molecule has 0 spiro atoms. The number of aliphatic hydroxyl groups excluding tert-OH is 2. The van der Waals surface area contributed by atoms with Crippen molar-refractivity contribution in [1.82, 2.24) is 4.90 Å². The predicted molar refractivity (Wildman–Crippen MR) is 235 cm³/mol. The summed E-state index contributed by atoms with van der Waals surface area (Å²) in [6.07, 6.45) is 10.2. The molecule has 1 amide bonds. The molecule has 0 aromatic heterocycles. The molecule has 3 aromatic carbocycles. The molecule has 0 radical (unpaired) electrons. The number of carbonyl (C=O) groups excluding carboxylic acids is 1. The Labute approximate surface area is 365 Å². The van der Waals surface area contributed by atoms with E-state index in [1.54, 1.807) is 30.0 Å². The van der Waals surface area contributed by atoms with Crippen LogP contribution in [0.1, 0.15) is 99.3 Å². The quantitative estimate of drug-likeness (QED) is 0.0688. The van der Waals surface area contributed by atoms with E-state index in [4.69, 9.17) is 33.7 Å². The van der Waals surface area contributed by atoms with Gasteiger partial charge in [-0.15, -0.1) is 6.58 Å². The Morgan fingerprint density at radius 3 is 2.45 bits per heavy atom. The molecule has 2 N–H and O–H groups in total. The van der Waals surface area contributed by atoms with E-state index in [1.807, 2.05) is 24.3 Å². The molecular weight excluding hydrogens is 792 g/mol. The van der Waals surface area contributed by atoms with Gasteiger partial charge in [0, 0.05) is 44.1 Å². The number of hydrogen-bond donors (Lipinski definition) is 2. The Kier molecular flexibility index (Phi) is 15.4. The summed E-state index contributed by atoms with van der Waals surface area (Å²) in [5, 5.41) is 24.9. The number of allylic oxidation sites excluding steroid dienone is 1. The van der Waals surface area contributed by atoms with Gasteiger partial charge < -0.3 is 38.7 Å². The molecule has 1 unspecified atom stereocenters. The molecular formula is C50H63FN2O9. The van der Waals surface area contributed by atoms with Crippen LogP contribution in [0.15, 0.2) is 90.1 Å². The molecule has 0 bridgehead atoms. The van der Waals surface area contributed by atoms with E-state index in [0.29, 0.717) is 48.6 Å². The maximum atomic E-state index is 14.4. The lowest BCUT2D eigenvalue weighted by Gasteiger charge is -2.59. The van der Waals surface area contributed by atoms with Gasteiger partial charge in [0.25, 0.3) is 0 Å². The average Bonchev–Trinajstić information content (AvgIpc) is 3.28. The highest BCUT2D eigenvalue weighted by Crippen LogP contribution is 2.62. The van der Waals surface area contributed by atoms with Gasteiger partial charge in [0.2, 0.25) is 12.1 Å². The zero-order valence-corrected chi connectivity index (χ0v) is 36.4. The first-order valence-electron chi connectivity index (χ1n) is 22.5. The number of aryl methyl sites for hydroxylation is 2. The van der Waals surface area contributed by atoms with Crippen LogP contribution in [0.25, 0.3) is 0 Å². The fourth-order valence-corrected chi connectivity index (χ4v) is 9.84. The molecule has 7 rings (SSSR count). The number of benzene rings is 3. The molecule has 2 fully saturated rings. The number of hydrogen-bond acceptors (Lipinski definition) is 10. The van der Waals surface area contributed by atoms with Crippen molar-refractivity contribution >= 4 is 11.8 Å². The number of oxime groups is 1. The fourth-order valence-electron chi connectivity index (χ4n) is 9.84. The first kappa shape index (κ1) is 45.3. The van der Waals surface area contributed by atoms with Crippen LogP contribution >= 0.6 is 0 Å². The Balaban J connectivity index is 1.45. The third-order valence-corrected chi connectivity index (χ3v) is 12.9. The zero-order valence-electron chi connectivity index (χ0n) is 36.4. The van der Waals surface area contributed by atoms with Crippen LogP contribution in [0, 0.1) is 37.4 Å². The summed E-state index contributed by atoms with van der Waals surface area (Å²) in [6.45, 7) is 11.0.